The van der Waals surface area contributed by atoms with Crippen LogP contribution in [0.2, 0.25) is 0 Å². The van der Waals surface area contributed by atoms with Crippen molar-refractivity contribution < 1.29 is 9.90 Å². The molecular formula is C20H31N3O2. The Morgan fingerprint density at radius 3 is 2.68 bits per heavy atom. The van der Waals surface area contributed by atoms with E-state index in [2.05, 4.69) is 15.5 Å². The van der Waals surface area contributed by atoms with Crippen molar-refractivity contribution in [2.45, 2.75) is 57.6 Å². The zero-order valence-electron chi connectivity index (χ0n) is 15.2. The fraction of sp³-hybridized carbons (Fsp3) is 0.650. The molecule has 0 radical (unpaired) electrons. The lowest BCUT2D eigenvalue weighted by Gasteiger charge is -2.42. The van der Waals surface area contributed by atoms with E-state index in [1.54, 1.807) is 0 Å². The van der Waals surface area contributed by atoms with Crippen LogP contribution < -0.4 is 10.6 Å². The van der Waals surface area contributed by atoms with Crippen molar-refractivity contribution in [1.82, 2.24) is 10.2 Å². The number of aliphatic hydroxyl groups excluding tert-OH is 1. The number of likely N-dealkylation sites (tertiary alicyclic amines) is 1. The number of aryl methyl sites for hydroxylation is 1. The van der Waals surface area contributed by atoms with E-state index in [0.29, 0.717) is 18.5 Å². The average molecular weight is 345 g/mol. The molecular weight excluding hydrogens is 314 g/mol. The van der Waals surface area contributed by atoms with E-state index in [1.165, 1.54) is 12.0 Å². The number of amides is 2. The minimum atomic E-state index is -0.176. The molecule has 2 aliphatic rings. The van der Waals surface area contributed by atoms with Crippen LogP contribution >= 0.6 is 0 Å². The van der Waals surface area contributed by atoms with Crippen LogP contribution in [0.1, 0.15) is 44.1 Å². The summed E-state index contributed by atoms with van der Waals surface area (Å²) in [7, 11) is 0. The van der Waals surface area contributed by atoms with E-state index in [0.717, 1.165) is 50.9 Å². The molecule has 1 aromatic carbocycles. The van der Waals surface area contributed by atoms with Crippen molar-refractivity contribution in [3.05, 3.63) is 29.8 Å². The van der Waals surface area contributed by atoms with Gasteiger partial charge in [-0.05, 0) is 57.2 Å². The molecule has 0 aromatic heterocycles. The van der Waals surface area contributed by atoms with Gasteiger partial charge in [0, 0.05) is 24.8 Å². The predicted molar refractivity (Wildman–Crippen MR) is 101 cm³/mol. The largest absolute Gasteiger partial charge is 0.391 e. The van der Waals surface area contributed by atoms with E-state index >= 15 is 0 Å². The van der Waals surface area contributed by atoms with E-state index in [-0.39, 0.29) is 12.1 Å². The predicted octanol–water partition coefficient (Wildman–Crippen LogP) is 3.13. The molecule has 5 heteroatoms. The first-order chi connectivity index (χ1) is 12.1. The number of benzene rings is 1. The summed E-state index contributed by atoms with van der Waals surface area (Å²) in [5.41, 5.74) is 2.00. The van der Waals surface area contributed by atoms with Gasteiger partial charge in [-0.15, -0.1) is 0 Å². The molecule has 2 fully saturated rings. The summed E-state index contributed by atoms with van der Waals surface area (Å²) in [6, 6.07) is 7.99. The molecule has 0 bridgehead atoms. The van der Waals surface area contributed by atoms with Crippen LogP contribution in [0.15, 0.2) is 24.3 Å². The Kier molecular flexibility index (Phi) is 6.32. The maximum atomic E-state index is 12.1. The van der Waals surface area contributed by atoms with Gasteiger partial charge < -0.3 is 15.7 Å². The van der Waals surface area contributed by atoms with Gasteiger partial charge in [0.15, 0.2) is 0 Å². The van der Waals surface area contributed by atoms with Crippen molar-refractivity contribution in [1.29, 1.82) is 0 Å². The van der Waals surface area contributed by atoms with Crippen LogP contribution in [0.25, 0.3) is 0 Å². The lowest BCUT2D eigenvalue weighted by atomic mass is 9.88. The highest BCUT2D eigenvalue weighted by atomic mass is 16.3. The summed E-state index contributed by atoms with van der Waals surface area (Å²) in [4.78, 5) is 14.6. The number of aliphatic hydroxyl groups is 1. The van der Waals surface area contributed by atoms with Crippen LogP contribution in [-0.4, -0.2) is 47.8 Å². The van der Waals surface area contributed by atoms with Crippen LogP contribution in [-0.2, 0) is 0 Å². The Morgan fingerprint density at radius 1 is 1.16 bits per heavy atom. The maximum Gasteiger partial charge on any atom is 0.319 e. The first-order valence-electron chi connectivity index (χ1n) is 9.65. The number of nitrogens with one attached hydrogen (secondary N) is 2. The summed E-state index contributed by atoms with van der Waals surface area (Å²) in [6.07, 6.45) is 6.53. The van der Waals surface area contributed by atoms with E-state index in [1.807, 2.05) is 31.2 Å². The van der Waals surface area contributed by atoms with Gasteiger partial charge in [-0.25, -0.2) is 4.79 Å². The summed E-state index contributed by atoms with van der Waals surface area (Å²) >= 11 is 0. The maximum absolute atomic E-state index is 12.1. The summed E-state index contributed by atoms with van der Waals surface area (Å²) in [5.74, 6) is 0.464. The highest BCUT2D eigenvalue weighted by Crippen LogP contribution is 2.27. The Bertz CT molecular complexity index is 561. The van der Waals surface area contributed by atoms with E-state index < -0.39 is 0 Å². The zero-order valence-corrected chi connectivity index (χ0v) is 15.2. The highest BCUT2D eigenvalue weighted by molar-refractivity contribution is 5.89. The minimum absolute atomic E-state index is 0.140. The fourth-order valence-corrected chi connectivity index (χ4v) is 4.13. The van der Waals surface area contributed by atoms with Crippen LogP contribution in [0, 0.1) is 12.8 Å². The lowest BCUT2D eigenvalue weighted by Crippen LogP contribution is -2.51. The SMILES string of the molecule is Cc1ccc(NC(=O)NC[C@@H]2CCCN([C@H]3CCCC[C@H]3O)C2)cc1. The molecule has 1 aromatic rings. The highest BCUT2D eigenvalue weighted by Gasteiger charge is 2.32. The van der Waals surface area contributed by atoms with Crippen molar-refractivity contribution in [2.75, 3.05) is 25.0 Å². The van der Waals surface area contributed by atoms with Gasteiger partial charge in [-0.1, -0.05) is 30.5 Å². The number of hydrogen-bond donors (Lipinski definition) is 3. The molecule has 1 saturated heterocycles. The topological polar surface area (TPSA) is 64.6 Å². The molecule has 5 nitrogen and oxygen atoms in total. The first kappa shape index (κ1) is 18.2. The zero-order chi connectivity index (χ0) is 17.6. The second-order valence-electron chi connectivity index (χ2n) is 7.62. The van der Waals surface area contributed by atoms with Crippen molar-refractivity contribution in [2.24, 2.45) is 5.92 Å². The van der Waals surface area contributed by atoms with Gasteiger partial charge in [0.05, 0.1) is 6.10 Å². The third kappa shape index (κ3) is 5.19. The third-order valence-corrected chi connectivity index (χ3v) is 5.57. The number of rotatable bonds is 4. The molecule has 25 heavy (non-hydrogen) atoms. The van der Waals surface area contributed by atoms with E-state index in [9.17, 15) is 9.90 Å². The summed E-state index contributed by atoms with van der Waals surface area (Å²) in [5, 5.41) is 16.2. The standard InChI is InChI=1S/C20H31N3O2/c1-15-8-10-17(11-9-15)22-20(25)21-13-16-5-4-12-23(14-16)18-6-2-3-7-19(18)24/h8-11,16,18-19,24H,2-7,12-14H2,1H3,(H2,21,22,25)/t16-,18-,19+/m0/s1. The number of carbonyl (C=O) groups is 1. The van der Waals surface area contributed by atoms with Crippen molar-refractivity contribution in [3.8, 4) is 0 Å². The molecule has 1 aliphatic carbocycles. The van der Waals surface area contributed by atoms with Crippen LogP contribution in [0.5, 0.6) is 0 Å². The average Bonchev–Trinajstić information content (AvgIpc) is 2.63. The molecule has 3 N–H and O–H groups in total. The van der Waals surface area contributed by atoms with Gasteiger partial charge in [0.2, 0.25) is 0 Å². The van der Waals surface area contributed by atoms with Crippen molar-refractivity contribution >= 4 is 11.7 Å². The Hall–Kier alpha value is -1.59. The number of anilines is 1. The molecule has 3 atom stereocenters. The first-order valence-corrected chi connectivity index (χ1v) is 9.65. The molecule has 1 aliphatic heterocycles. The quantitative estimate of drug-likeness (QED) is 0.785. The van der Waals surface area contributed by atoms with E-state index in [4.69, 9.17) is 0 Å². The monoisotopic (exact) mass is 345 g/mol. The number of urea groups is 1. The number of hydrogen-bond acceptors (Lipinski definition) is 3. The van der Waals surface area contributed by atoms with Gasteiger partial charge >= 0.3 is 6.03 Å². The summed E-state index contributed by atoms with van der Waals surface area (Å²) in [6.45, 7) is 4.78. The molecule has 3 rings (SSSR count). The molecule has 1 saturated carbocycles. The van der Waals surface area contributed by atoms with Crippen LogP contribution in [0.4, 0.5) is 10.5 Å². The molecule has 0 unspecified atom stereocenters. The molecule has 2 amide bonds. The summed E-state index contributed by atoms with van der Waals surface area (Å²) < 4.78 is 0. The van der Waals surface area contributed by atoms with Gasteiger partial charge in [-0.3, -0.25) is 4.90 Å². The number of nitrogens with zero attached hydrogens (tertiary/aromatic N) is 1. The van der Waals surface area contributed by atoms with Gasteiger partial charge in [0.25, 0.3) is 0 Å². The molecule has 138 valence electrons. The lowest BCUT2D eigenvalue weighted by molar-refractivity contribution is 0.000613. The van der Waals surface area contributed by atoms with Gasteiger partial charge in [-0.2, -0.15) is 0 Å². The minimum Gasteiger partial charge on any atom is -0.391 e. The van der Waals surface area contributed by atoms with Gasteiger partial charge in [0.1, 0.15) is 0 Å². The Morgan fingerprint density at radius 2 is 1.92 bits per heavy atom. The Labute approximate surface area is 150 Å². The van der Waals surface area contributed by atoms with Crippen LogP contribution in [0.3, 0.4) is 0 Å². The van der Waals surface area contributed by atoms with Crippen molar-refractivity contribution in [3.63, 3.8) is 0 Å². The second-order valence-corrected chi connectivity index (χ2v) is 7.62. The number of carbonyl (C=O) groups excluding carboxylic acids is 1. The fourth-order valence-electron chi connectivity index (χ4n) is 4.13. The smallest absolute Gasteiger partial charge is 0.319 e. The Balaban J connectivity index is 1.44. The molecule has 1 heterocycles. The second kappa shape index (κ2) is 8.68. The number of piperidine rings is 1. The third-order valence-electron chi connectivity index (χ3n) is 5.57. The molecule has 0 spiro atoms. The normalized spacial score (nSPS) is 27.7.